The Bertz CT molecular complexity index is 729. The second-order valence-electron chi connectivity index (χ2n) is 6.79. The van der Waals surface area contributed by atoms with Crippen molar-refractivity contribution in [1.29, 1.82) is 0 Å². The fourth-order valence-corrected chi connectivity index (χ4v) is 4.18. The average Bonchev–Trinajstić information content (AvgIpc) is 3.16. The number of fused-ring (bicyclic) bond motifs is 1. The Morgan fingerprint density at radius 2 is 2.08 bits per heavy atom. The van der Waals surface area contributed by atoms with Gasteiger partial charge >= 0.3 is 5.97 Å². The van der Waals surface area contributed by atoms with Crippen LogP contribution in [0.5, 0.6) is 0 Å². The Kier molecular flexibility index (Phi) is 3.58. The summed E-state index contributed by atoms with van der Waals surface area (Å²) in [5, 5.41) is 0. The lowest BCUT2D eigenvalue weighted by Gasteiger charge is -2.23. The minimum absolute atomic E-state index is 0.0742. The number of amides is 1. The van der Waals surface area contributed by atoms with Crippen molar-refractivity contribution in [2.24, 2.45) is 11.8 Å². The van der Waals surface area contributed by atoms with E-state index in [0.29, 0.717) is 6.54 Å². The maximum Gasteiger partial charge on any atom is 0.313 e. The summed E-state index contributed by atoms with van der Waals surface area (Å²) in [6.07, 6.45) is 3.26. The zero-order chi connectivity index (χ0) is 17.1. The van der Waals surface area contributed by atoms with E-state index in [2.05, 4.69) is 15.9 Å². The molecule has 3 aliphatic rings. The van der Waals surface area contributed by atoms with Crippen LogP contribution in [0.4, 0.5) is 5.69 Å². The van der Waals surface area contributed by atoms with E-state index in [1.54, 1.807) is 4.90 Å². The lowest BCUT2D eigenvalue weighted by Crippen LogP contribution is -2.40. The summed E-state index contributed by atoms with van der Waals surface area (Å²) in [6, 6.07) is 7.56. The number of carbonyl (C=O) groups is 2. The molecule has 4 atom stereocenters. The van der Waals surface area contributed by atoms with Crippen LogP contribution < -0.4 is 4.90 Å². The first-order chi connectivity index (χ1) is 11.4. The molecular weight excluding hydrogens is 374 g/mol. The number of anilines is 1. The van der Waals surface area contributed by atoms with E-state index in [1.807, 2.05) is 50.3 Å². The normalized spacial score (nSPS) is 33.4. The lowest BCUT2D eigenvalue weighted by atomic mass is 9.77. The van der Waals surface area contributed by atoms with E-state index in [1.165, 1.54) is 0 Å². The van der Waals surface area contributed by atoms with Crippen molar-refractivity contribution < 1.29 is 19.1 Å². The molecule has 126 valence electrons. The molecule has 3 aliphatic heterocycles. The van der Waals surface area contributed by atoms with Crippen molar-refractivity contribution in [3.8, 4) is 0 Å². The third-order valence-corrected chi connectivity index (χ3v) is 5.39. The smallest absolute Gasteiger partial charge is 0.313 e. The second kappa shape index (κ2) is 5.43. The first-order valence-corrected chi connectivity index (χ1v) is 8.85. The molecule has 5 nitrogen and oxygen atoms in total. The van der Waals surface area contributed by atoms with Gasteiger partial charge in [0.05, 0.1) is 24.7 Å². The van der Waals surface area contributed by atoms with E-state index in [0.717, 1.165) is 10.2 Å². The highest BCUT2D eigenvalue weighted by molar-refractivity contribution is 9.10. The topological polar surface area (TPSA) is 55.8 Å². The van der Waals surface area contributed by atoms with Crippen molar-refractivity contribution in [2.75, 3.05) is 11.4 Å². The summed E-state index contributed by atoms with van der Waals surface area (Å²) in [6.45, 7) is 4.04. The fraction of sp³-hybridized carbons (Fsp3) is 0.444. The van der Waals surface area contributed by atoms with Gasteiger partial charge in [0.2, 0.25) is 5.91 Å². The molecule has 1 aromatic carbocycles. The van der Waals surface area contributed by atoms with Crippen LogP contribution in [0.25, 0.3) is 0 Å². The van der Waals surface area contributed by atoms with Gasteiger partial charge in [-0.2, -0.15) is 0 Å². The molecule has 2 saturated heterocycles. The standard InChI is InChI=1S/C18H18BrNO4/c1-10(2)23-17(22)14-13-7-8-18(24-13)9-20(16(21)15(14)18)12-5-3-11(19)4-6-12/h3-8,10,13-15H,9H2,1-2H3/t13-,14-,15+,18-/m1/s1. The highest BCUT2D eigenvalue weighted by atomic mass is 79.9. The van der Waals surface area contributed by atoms with Gasteiger partial charge in [-0.15, -0.1) is 0 Å². The van der Waals surface area contributed by atoms with Crippen molar-refractivity contribution in [2.45, 2.75) is 31.7 Å². The van der Waals surface area contributed by atoms with Gasteiger partial charge in [0.25, 0.3) is 0 Å². The summed E-state index contributed by atoms with van der Waals surface area (Å²) >= 11 is 3.40. The zero-order valence-electron chi connectivity index (χ0n) is 13.4. The molecule has 0 saturated carbocycles. The quantitative estimate of drug-likeness (QED) is 0.587. The van der Waals surface area contributed by atoms with E-state index >= 15 is 0 Å². The minimum atomic E-state index is -0.713. The number of hydrogen-bond acceptors (Lipinski definition) is 4. The molecule has 0 aliphatic carbocycles. The number of hydrogen-bond donors (Lipinski definition) is 0. The van der Waals surface area contributed by atoms with Crippen LogP contribution in [0.2, 0.25) is 0 Å². The number of benzene rings is 1. The third kappa shape index (κ3) is 2.24. The van der Waals surface area contributed by atoms with E-state index in [-0.39, 0.29) is 24.1 Å². The lowest BCUT2D eigenvalue weighted by molar-refractivity contribution is -0.156. The van der Waals surface area contributed by atoms with Gasteiger partial charge in [-0.25, -0.2) is 0 Å². The molecule has 4 rings (SSSR count). The zero-order valence-corrected chi connectivity index (χ0v) is 15.0. The van der Waals surface area contributed by atoms with Crippen LogP contribution >= 0.6 is 15.9 Å². The highest BCUT2D eigenvalue weighted by Crippen LogP contribution is 2.53. The van der Waals surface area contributed by atoms with Crippen LogP contribution in [0.15, 0.2) is 40.9 Å². The maximum absolute atomic E-state index is 13.1. The Morgan fingerprint density at radius 3 is 2.75 bits per heavy atom. The molecule has 0 unspecified atom stereocenters. The Labute approximate surface area is 148 Å². The molecule has 0 N–H and O–H groups in total. The minimum Gasteiger partial charge on any atom is -0.463 e. The molecule has 1 amide bonds. The SMILES string of the molecule is CC(C)OC(=O)[C@H]1[C@H]2C(=O)N(c3ccc(Br)cc3)C[C@]23C=C[C@H]1O3. The number of nitrogens with zero attached hydrogens (tertiary/aromatic N) is 1. The molecule has 6 heteroatoms. The predicted molar refractivity (Wildman–Crippen MR) is 91.4 cm³/mol. The number of rotatable bonds is 3. The molecule has 1 aromatic rings. The van der Waals surface area contributed by atoms with E-state index in [4.69, 9.17) is 9.47 Å². The summed E-state index contributed by atoms with van der Waals surface area (Å²) in [5.41, 5.74) is 0.0959. The van der Waals surface area contributed by atoms with E-state index < -0.39 is 17.4 Å². The second-order valence-corrected chi connectivity index (χ2v) is 7.70. The molecule has 0 radical (unpaired) electrons. The average molecular weight is 392 g/mol. The van der Waals surface area contributed by atoms with Crippen LogP contribution in [0.3, 0.4) is 0 Å². The van der Waals surface area contributed by atoms with Crippen LogP contribution in [-0.2, 0) is 19.1 Å². The molecule has 1 spiro atoms. The first kappa shape index (κ1) is 15.8. The van der Waals surface area contributed by atoms with Gasteiger partial charge in [-0.05, 0) is 38.1 Å². The van der Waals surface area contributed by atoms with Crippen molar-refractivity contribution in [3.63, 3.8) is 0 Å². The fourth-order valence-electron chi connectivity index (χ4n) is 3.92. The van der Waals surface area contributed by atoms with Gasteiger partial charge < -0.3 is 14.4 Å². The van der Waals surface area contributed by atoms with Gasteiger partial charge in [-0.3, -0.25) is 9.59 Å². The van der Waals surface area contributed by atoms with Gasteiger partial charge in [0.1, 0.15) is 11.5 Å². The number of ether oxygens (including phenoxy) is 2. The summed E-state index contributed by atoms with van der Waals surface area (Å²) in [4.78, 5) is 27.3. The molecule has 2 fully saturated rings. The van der Waals surface area contributed by atoms with Crippen molar-refractivity contribution in [1.82, 2.24) is 0 Å². The van der Waals surface area contributed by atoms with Crippen LogP contribution in [0.1, 0.15) is 13.8 Å². The summed E-state index contributed by atoms with van der Waals surface area (Å²) < 4.78 is 12.4. The van der Waals surface area contributed by atoms with Crippen molar-refractivity contribution >= 4 is 33.5 Å². The largest absolute Gasteiger partial charge is 0.463 e. The Balaban J connectivity index is 1.66. The highest BCUT2D eigenvalue weighted by Gasteiger charge is 2.67. The predicted octanol–water partition coefficient (Wildman–Crippen LogP) is 2.69. The molecule has 2 bridgehead atoms. The van der Waals surface area contributed by atoms with Crippen molar-refractivity contribution in [3.05, 3.63) is 40.9 Å². The monoisotopic (exact) mass is 391 g/mol. The van der Waals surface area contributed by atoms with Gasteiger partial charge in [0, 0.05) is 10.2 Å². The van der Waals surface area contributed by atoms with Gasteiger partial charge in [-0.1, -0.05) is 28.1 Å². The Hall–Kier alpha value is -1.66. The number of halogens is 1. The molecule has 3 heterocycles. The summed E-state index contributed by atoms with van der Waals surface area (Å²) in [7, 11) is 0. The number of carbonyl (C=O) groups excluding carboxylic acids is 2. The molecular formula is C18H18BrNO4. The van der Waals surface area contributed by atoms with Crippen LogP contribution in [0, 0.1) is 11.8 Å². The van der Waals surface area contributed by atoms with E-state index in [9.17, 15) is 9.59 Å². The number of esters is 1. The maximum atomic E-state index is 13.1. The van der Waals surface area contributed by atoms with Gasteiger partial charge in [0.15, 0.2) is 0 Å². The molecule has 0 aromatic heterocycles. The Morgan fingerprint density at radius 1 is 1.38 bits per heavy atom. The third-order valence-electron chi connectivity index (χ3n) is 4.86. The first-order valence-electron chi connectivity index (χ1n) is 8.06. The summed E-state index contributed by atoms with van der Waals surface area (Å²) in [5.74, 6) is -1.50. The molecule has 24 heavy (non-hydrogen) atoms. The van der Waals surface area contributed by atoms with Crippen LogP contribution in [-0.4, -0.2) is 36.2 Å².